The molecule has 3 aromatic rings. The summed E-state index contributed by atoms with van der Waals surface area (Å²) in [5, 5.41) is 12.5. The predicted octanol–water partition coefficient (Wildman–Crippen LogP) is 4.26. The number of hydrogen-bond donors (Lipinski definition) is 1. The van der Waals surface area contributed by atoms with Crippen molar-refractivity contribution in [1.82, 2.24) is 14.8 Å². The lowest BCUT2D eigenvalue weighted by Gasteiger charge is -2.09. The molecule has 8 heteroatoms. The summed E-state index contributed by atoms with van der Waals surface area (Å²) in [4.78, 5) is 12.2. The number of halogens is 1. The first-order valence-corrected chi connectivity index (χ1v) is 9.80. The molecular weight excluding hydrogens is 384 g/mol. The highest BCUT2D eigenvalue weighted by Crippen LogP contribution is 2.20. The number of ether oxygens (including phenoxy) is 1. The maximum absolute atomic E-state index is 12.2. The average molecular weight is 403 g/mol. The molecule has 0 spiro atoms. The minimum atomic E-state index is -0.130. The molecule has 3 rings (SSSR count). The zero-order valence-electron chi connectivity index (χ0n) is 14.8. The van der Waals surface area contributed by atoms with Crippen LogP contribution in [0.4, 0.5) is 5.69 Å². The average Bonchev–Trinajstić information content (AvgIpc) is 3.07. The van der Waals surface area contributed by atoms with Crippen LogP contribution in [-0.2, 0) is 17.9 Å². The Hall–Kier alpha value is -2.51. The third kappa shape index (κ3) is 5.48. The quantitative estimate of drug-likeness (QED) is 0.570. The van der Waals surface area contributed by atoms with Crippen molar-refractivity contribution in [1.29, 1.82) is 0 Å². The molecule has 0 saturated heterocycles. The molecule has 1 amide bonds. The number of anilines is 1. The van der Waals surface area contributed by atoms with Crippen molar-refractivity contribution in [2.24, 2.45) is 0 Å². The van der Waals surface area contributed by atoms with Crippen LogP contribution in [-0.4, -0.2) is 26.4 Å². The lowest BCUT2D eigenvalue weighted by atomic mass is 10.3. The van der Waals surface area contributed by atoms with Crippen molar-refractivity contribution >= 4 is 35.0 Å². The molecular formula is C19H19ClN4O2S. The summed E-state index contributed by atoms with van der Waals surface area (Å²) >= 11 is 7.26. The molecule has 0 aliphatic heterocycles. The number of thioether (sulfide) groups is 1. The van der Waals surface area contributed by atoms with Crippen molar-refractivity contribution in [2.75, 3.05) is 11.1 Å². The molecule has 27 heavy (non-hydrogen) atoms. The fourth-order valence-corrected chi connectivity index (χ4v) is 3.42. The molecule has 0 radical (unpaired) electrons. The van der Waals surface area contributed by atoms with Crippen molar-refractivity contribution in [2.45, 2.75) is 25.2 Å². The van der Waals surface area contributed by atoms with Gasteiger partial charge < -0.3 is 14.6 Å². The maximum atomic E-state index is 12.2. The molecule has 0 aliphatic rings. The lowest BCUT2D eigenvalue weighted by molar-refractivity contribution is -0.113. The summed E-state index contributed by atoms with van der Waals surface area (Å²) in [6.07, 6.45) is 0. The molecule has 0 aliphatic carbocycles. The van der Waals surface area contributed by atoms with E-state index < -0.39 is 0 Å². The summed E-state index contributed by atoms with van der Waals surface area (Å²) in [6, 6.07) is 16.6. The standard InChI is InChI=1S/C19H19ClN4O2S/c1-2-24-17(12-26-16-9-4-3-5-10-16)22-23-19(24)27-13-18(25)21-15-8-6-7-14(20)11-15/h3-11H,2,12-13H2,1H3,(H,21,25). The normalized spacial score (nSPS) is 10.6. The van der Waals surface area contributed by atoms with Crippen LogP contribution in [0.15, 0.2) is 59.8 Å². The van der Waals surface area contributed by atoms with Crippen LogP contribution in [0.5, 0.6) is 5.75 Å². The molecule has 1 aromatic heterocycles. The van der Waals surface area contributed by atoms with Gasteiger partial charge in [0, 0.05) is 17.3 Å². The Balaban J connectivity index is 1.57. The van der Waals surface area contributed by atoms with Crippen molar-refractivity contribution in [3.63, 3.8) is 0 Å². The van der Waals surface area contributed by atoms with E-state index in [0.29, 0.717) is 29.0 Å². The number of benzene rings is 2. The first-order chi connectivity index (χ1) is 13.2. The highest BCUT2D eigenvalue weighted by atomic mass is 35.5. The molecule has 1 heterocycles. The smallest absolute Gasteiger partial charge is 0.234 e. The second-order valence-corrected chi connectivity index (χ2v) is 6.97. The van der Waals surface area contributed by atoms with Gasteiger partial charge in [0.25, 0.3) is 0 Å². The van der Waals surface area contributed by atoms with Gasteiger partial charge in [0.2, 0.25) is 5.91 Å². The van der Waals surface area contributed by atoms with Gasteiger partial charge in [-0.05, 0) is 37.3 Å². The van der Waals surface area contributed by atoms with Gasteiger partial charge in [-0.2, -0.15) is 0 Å². The van der Waals surface area contributed by atoms with E-state index in [-0.39, 0.29) is 11.7 Å². The number of hydrogen-bond acceptors (Lipinski definition) is 5. The van der Waals surface area contributed by atoms with Gasteiger partial charge >= 0.3 is 0 Å². The van der Waals surface area contributed by atoms with Crippen LogP contribution < -0.4 is 10.1 Å². The molecule has 2 aromatic carbocycles. The molecule has 0 fully saturated rings. The Bertz CT molecular complexity index is 902. The summed E-state index contributed by atoms with van der Waals surface area (Å²) in [5.41, 5.74) is 0.669. The van der Waals surface area contributed by atoms with Crippen LogP contribution in [0, 0.1) is 0 Å². The van der Waals surface area contributed by atoms with Gasteiger partial charge in [0.15, 0.2) is 11.0 Å². The Morgan fingerprint density at radius 1 is 1.19 bits per heavy atom. The van der Waals surface area contributed by atoms with Crippen molar-refractivity contribution in [3.05, 3.63) is 65.4 Å². The van der Waals surface area contributed by atoms with E-state index in [4.69, 9.17) is 16.3 Å². The molecule has 0 unspecified atom stereocenters. The SMILES string of the molecule is CCn1c(COc2ccccc2)nnc1SCC(=O)Nc1cccc(Cl)c1. The molecule has 1 N–H and O–H groups in total. The van der Waals surface area contributed by atoms with Gasteiger partial charge in [0.05, 0.1) is 5.75 Å². The highest BCUT2D eigenvalue weighted by Gasteiger charge is 2.14. The number of carbonyl (C=O) groups excluding carboxylic acids is 1. The Morgan fingerprint density at radius 3 is 2.74 bits per heavy atom. The Morgan fingerprint density at radius 2 is 2.00 bits per heavy atom. The zero-order chi connectivity index (χ0) is 19.1. The molecule has 0 atom stereocenters. The summed E-state index contributed by atoms with van der Waals surface area (Å²) < 4.78 is 7.68. The van der Waals surface area contributed by atoms with Gasteiger partial charge in [-0.1, -0.05) is 47.6 Å². The van der Waals surface area contributed by atoms with Crippen LogP contribution in [0.1, 0.15) is 12.7 Å². The van der Waals surface area contributed by atoms with Crippen LogP contribution >= 0.6 is 23.4 Å². The number of amides is 1. The maximum Gasteiger partial charge on any atom is 0.234 e. The number of rotatable bonds is 8. The monoisotopic (exact) mass is 402 g/mol. The first kappa shape index (κ1) is 19.3. The minimum absolute atomic E-state index is 0.130. The third-order valence-corrected chi connectivity index (χ3v) is 4.86. The fourth-order valence-electron chi connectivity index (χ4n) is 2.41. The fraction of sp³-hybridized carbons (Fsp3) is 0.211. The predicted molar refractivity (Wildman–Crippen MR) is 107 cm³/mol. The summed E-state index contributed by atoms with van der Waals surface area (Å²) in [6.45, 7) is 3.02. The van der Waals surface area contributed by atoms with Crippen LogP contribution in [0.25, 0.3) is 0 Å². The zero-order valence-corrected chi connectivity index (χ0v) is 16.3. The van der Waals surface area contributed by atoms with Crippen molar-refractivity contribution < 1.29 is 9.53 Å². The second kappa shape index (κ2) is 9.43. The van der Waals surface area contributed by atoms with E-state index >= 15 is 0 Å². The van der Waals surface area contributed by atoms with Gasteiger partial charge in [-0.15, -0.1) is 10.2 Å². The van der Waals surface area contributed by atoms with E-state index in [2.05, 4.69) is 15.5 Å². The topological polar surface area (TPSA) is 69.0 Å². The number of nitrogens with zero attached hydrogens (tertiary/aromatic N) is 3. The van der Waals surface area contributed by atoms with Crippen LogP contribution in [0.3, 0.4) is 0 Å². The van der Waals surface area contributed by atoms with Crippen molar-refractivity contribution in [3.8, 4) is 5.75 Å². The summed E-state index contributed by atoms with van der Waals surface area (Å²) in [7, 11) is 0. The van der Waals surface area contributed by atoms with Crippen LogP contribution in [0.2, 0.25) is 5.02 Å². The largest absolute Gasteiger partial charge is 0.486 e. The molecule has 0 saturated carbocycles. The lowest BCUT2D eigenvalue weighted by Crippen LogP contribution is -2.14. The Kier molecular flexibility index (Phi) is 6.73. The highest BCUT2D eigenvalue weighted by molar-refractivity contribution is 7.99. The first-order valence-electron chi connectivity index (χ1n) is 8.44. The van der Waals surface area contributed by atoms with Gasteiger partial charge in [-0.3, -0.25) is 4.79 Å². The molecule has 140 valence electrons. The third-order valence-electron chi connectivity index (χ3n) is 3.66. The van der Waals surface area contributed by atoms with E-state index in [1.54, 1.807) is 24.3 Å². The van der Waals surface area contributed by atoms with E-state index in [0.717, 1.165) is 11.6 Å². The number of aromatic nitrogens is 3. The van der Waals surface area contributed by atoms with E-state index in [1.807, 2.05) is 41.8 Å². The Labute approximate surface area is 166 Å². The molecule has 0 bridgehead atoms. The number of para-hydroxylation sites is 1. The minimum Gasteiger partial charge on any atom is -0.486 e. The number of nitrogens with one attached hydrogen (secondary N) is 1. The van der Waals surface area contributed by atoms with Gasteiger partial charge in [-0.25, -0.2) is 0 Å². The van der Waals surface area contributed by atoms with Gasteiger partial charge in [0.1, 0.15) is 12.4 Å². The number of carbonyl (C=O) groups is 1. The van der Waals surface area contributed by atoms with E-state index in [1.165, 1.54) is 11.8 Å². The van der Waals surface area contributed by atoms with E-state index in [9.17, 15) is 4.79 Å². The second-order valence-electron chi connectivity index (χ2n) is 5.59. The molecule has 6 nitrogen and oxygen atoms in total. The summed E-state index contributed by atoms with van der Waals surface area (Å²) in [5.74, 6) is 1.59.